The lowest BCUT2D eigenvalue weighted by Crippen LogP contribution is -2.70. The fourth-order valence-corrected chi connectivity index (χ4v) is 7.33. The van der Waals surface area contributed by atoms with Gasteiger partial charge in [0.1, 0.15) is 5.75 Å². The first-order valence-corrected chi connectivity index (χ1v) is 13.4. The van der Waals surface area contributed by atoms with Crippen LogP contribution < -0.4 is 4.74 Å². The quantitative estimate of drug-likeness (QED) is 0.370. The first-order chi connectivity index (χ1) is 17.5. The molecule has 8 rings (SSSR count). The van der Waals surface area contributed by atoms with E-state index in [1.54, 1.807) is 0 Å². The third-order valence-electron chi connectivity index (χ3n) is 9.30. The topological polar surface area (TPSA) is 46.2 Å². The molecule has 2 bridgehead atoms. The molecule has 4 saturated heterocycles. The van der Waals surface area contributed by atoms with Crippen molar-refractivity contribution < 1.29 is 24.0 Å². The highest BCUT2D eigenvalue weighted by molar-refractivity contribution is 5.96. The molecule has 4 heterocycles. The Morgan fingerprint density at radius 1 is 0.833 bits per heavy atom. The fraction of sp³-hybridized carbons (Fsp3) is 0.484. The molecule has 0 N–H and O–H groups in total. The molecule has 1 aliphatic carbocycles. The first kappa shape index (κ1) is 22.7. The van der Waals surface area contributed by atoms with E-state index in [2.05, 4.69) is 68.4 Å². The molecule has 5 heteroatoms. The number of benzene rings is 3. The lowest BCUT2D eigenvalue weighted by molar-refractivity contribution is -0.575. The third kappa shape index (κ3) is 3.37. The Hall–Kier alpha value is -2.44. The summed E-state index contributed by atoms with van der Waals surface area (Å²) in [6, 6.07) is 23.3. The van der Waals surface area contributed by atoms with Gasteiger partial charge in [-0.3, -0.25) is 0 Å². The summed E-state index contributed by atoms with van der Waals surface area (Å²) in [6.45, 7) is 6.52. The molecule has 36 heavy (non-hydrogen) atoms. The van der Waals surface area contributed by atoms with Gasteiger partial charge in [0.25, 0.3) is 0 Å². The molecule has 0 aromatic heterocycles. The largest absolute Gasteiger partial charge is 0.465 e. The SMILES string of the molecule is C[C@H]1[C@@H](Oc2ccc(-c3cccc4ccccc34)cc2)O[C@@H]2O[C@@]3(C)CCC4[C@H](C)CC[C@@H]1[C@]42OO3. The molecule has 5 nitrogen and oxygen atoms in total. The molecule has 1 spiro atoms. The minimum Gasteiger partial charge on any atom is -0.465 e. The Bertz CT molecular complexity index is 1270. The van der Waals surface area contributed by atoms with Crippen LogP contribution in [0.5, 0.6) is 5.75 Å². The molecule has 5 fully saturated rings. The highest BCUT2D eigenvalue weighted by Gasteiger charge is 2.69. The zero-order valence-corrected chi connectivity index (χ0v) is 21.2. The van der Waals surface area contributed by atoms with Crippen LogP contribution in [0.15, 0.2) is 66.7 Å². The van der Waals surface area contributed by atoms with Crippen molar-refractivity contribution in [3.63, 3.8) is 0 Å². The Morgan fingerprint density at radius 2 is 1.64 bits per heavy atom. The van der Waals surface area contributed by atoms with Gasteiger partial charge < -0.3 is 14.2 Å². The predicted molar refractivity (Wildman–Crippen MR) is 137 cm³/mol. The second kappa shape index (κ2) is 8.29. The molecule has 4 aliphatic heterocycles. The monoisotopic (exact) mass is 486 g/mol. The van der Waals surface area contributed by atoms with Crippen LogP contribution in [0.3, 0.4) is 0 Å². The molecule has 0 amide bonds. The predicted octanol–water partition coefficient (Wildman–Crippen LogP) is 7.09. The summed E-state index contributed by atoms with van der Waals surface area (Å²) in [5.41, 5.74) is 1.83. The van der Waals surface area contributed by atoms with Gasteiger partial charge in [-0.05, 0) is 72.1 Å². The van der Waals surface area contributed by atoms with Gasteiger partial charge >= 0.3 is 0 Å². The van der Waals surface area contributed by atoms with E-state index in [1.807, 2.05) is 19.1 Å². The van der Waals surface area contributed by atoms with E-state index in [1.165, 1.54) is 28.3 Å². The standard InChI is InChI=1S/C31H34O5/c1-19-11-16-27-20(2)28(33-29-31(27)26(19)17-18-30(3,34-29)35-36-31)32-23-14-12-22(13-15-23)25-10-6-8-21-7-4-5-9-24(21)25/h4-10,12-15,19-20,26-29H,11,16-18H2,1-3H3/t19-,20-,26?,27+,28+,29-,30-,31-/m1/s1. The average Bonchev–Trinajstić information content (AvgIpc) is 3.13. The number of fused-ring (bicyclic) bond motifs is 3. The summed E-state index contributed by atoms with van der Waals surface area (Å²) in [5.74, 6) is 1.32. The second-order valence-corrected chi connectivity index (χ2v) is 11.4. The number of rotatable bonds is 3. The van der Waals surface area contributed by atoms with E-state index in [4.69, 9.17) is 24.0 Å². The smallest absolute Gasteiger partial charge is 0.205 e. The van der Waals surface area contributed by atoms with E-state index in [-0.39, 0.29) is 11.8 Å². The average molecular weight is 487 g/mol. The third-order valence-corrected chi connectivity index (χ3v) is 9.30. The Labute approximate surface area is 212 Å². The van der Waals surface area contributed by atoms with E-state index in [0.717, 1.165) is 25.0 Å². The summed E-state index contributed by atoms with van der Waals surface area (Å²) in [5, 5.41) is 2.49. The molecule has 0 radical (unpaired) electrons. The van der Waals surface area contributed by atoms with Crippen molar-refractivity contribution in [3.8, 4) is 16.9 Å². The van der Waals surface area contributed by atoms with Gasteiger partial charge in [0.15, 0.2) is 11.9 Å². The van der Waals surface area contributed by atoms with E-state index in [0.29, 0.717) is 11.8 Å². The molecule has 188 valence electrons. The van der Waals surface area contributed by atoms with Crippen molar-refractivity contribution in [1.82, 2.24) is 0 Å². The highest BCUT2D eigenvalue weighted by atomic mass is 17.3. The summed E-state index contributed by atoms with van der Waals surface area (Å²) in [7, 11) is 0. The van der Waals surface area contributed by atoms with Crippen LogP contribution in [-0.2, 0) is 19.2 Å². The number of hydrogen-bond donors (Lipinski definition) is 0. The molecule has 1 saturated carbocycles. The maximum absolute atomic E-state index is 6.58. The molecule has 3 aromatic rings. The maximum atomic E-state index is 6.58. The molecular weight excluding hydrogens is 452 g/mol. The van der Waals surface area contributed by atoms with Crippen LogP contribution in [0.25, 0.3) is 21.9 Å². The van der Waals surface area contributed by atoms with Crippen LogP contribution >= 0.6 is 0 Å². The summed E-state index contributed by atoms with van der Waals surface area (Å²) < 4.78 is 19.5. The van der Waals surface area contributed by atoms with E-state index < -0.39 is 24.0 Å². The molecule has 5 aliphatic rings. The minimum absolute atomic E-state index is 0.142. The molecule has 3 aromatic carbocycles. The zero-order valence-electron chi connectivity index (χ0n) is 21.2. The van der Waals surface area contributed by atoms with Gasteiger partial charge in [0.2, 0.25) is 12.1 Å². The first-order valence-electron chi connectivity index (χ1n) is 13.4. The minimum atomic E-state index is -0.775. The van der Waals surface area contributed by atoms with Crippen LogP contribution in [0.2, 0.25) is 0 Å². The summed E-state index contributed by atoms with van der Waals surface area (Å²) in [6.07, 6.45) is 3.18. The van der Waals surface area contributed by atoms with Crippen molar-refractivity contribution >= 4 is 10.8 Å². The van der Waals surface area contributed by atoms with Crippen LogP contribution in [-0.4, -0.2) is 24.0 Å². The van der Waals surface area contributed by atoms with Gasteiger partial charge in [-0.15, -0.1) is 0 Å². The normalized spacial score (nSPS) is 39.4. The summed E-state index contributed by atoms with van der Waals surface area (Å²) in [4.78, 5) is 12.2. The van der Waals surface area contributed by atoms with E-state index in [9.17, 15) is 0 Å². The van der Waals surface area contributed by atoms with Gasteiger partial charge in [0, 0.05) is 18.3 Å². The fourth-order valence-electron chi connectivity index (χ4n) is 7.33. The Kier molecular flexibility index (Phi) is 5.23. The zero-order chi connectivity index (χ0) is 24.5. The van der Waals surface area contributed by atoms with Crippen molar-refractivity contribution in [2.75, 3.05) is 0 Å². The van der Waals surface area contributed by atoms with Crippen LogP contribution in [0.1, 0.15) is 46.5 Å². The molecule has 8 atom stereocenters. The van der Waals surface area contributed by atoms with E-state index >= 15 is 0 Å². The lowest BCUT2D eigenvalue weighted by Gasteiger charge is -2.60. The van der Waals surface area contributed by atoms with Gasteiger partial charge in [0.05, 0.1) is 0 Å². The van der Waals surface area contributed by atoms with Crippen molar-refractivity contribution in [2.24, 2.45) is 23.7 Å². The molecule has 1 unspecified atom stereocenters. The van der Waals surface area contributed by atoms with Gasteiger partial charge in [-0.2, -0.15) is 0 Å². The Morgan fingerprint density at radius 3 is 2.50 bits per heavy atom. The number of ether oxygens (including phenoxy) is 3. The van der Waals surface area contributed by atoms with Crippen molar-refractivity contribution in [2.45, 2.75) is 70.4 Å². The van der Waals surface area contributed by atoms with Crippen LogP contribution in [0.4, 0.5) is 0 Å². The van der Waals surface area contributed by atoms with Gasteiger partial charge in [-0.1, -0.05) is 68.4 Å². The van der Waals surface area contributed by atoms with Crippen LogP contribution in [0, 0.1) is 23.7 Å². The number of hydrogen-bond acceptors (Lipinski definition) is 5. The second-order valence-electron chi connectivity index (χ2n) is 11.4. The molecular formula is C31H34O5. The van der Waals surface area contributed by atoms with Crippen molar-refractivity contribution in [3.05, 3.63) is 66.7 Å². The van der Waals surface area contributed by atoms with Crippen molar-refractivity contribution in [1.29, 1.82) is 0 Å². The Balaban J connectivity index is 1.16. The maximum Gasteiger partial charge on any atom is 0.205 e. The lowest BCUT2D eigenvalue weighted by atomic mass is 9.58. The highest BCUT2D eigenvalue weighted by Crippen LogP contribution is 2.60. The van der Waals surface area contributed by atoms with Gasteiger partial charge in [-0.25, -0.2) is 9.78 Å². The summed E-state index contributed by atoms with van der Waals surface area (Å²) >= 11 is 0.